The Morgan fingerprint density at radius 2 is 1.00 bits per heavy atom. The second-order valence-corrected chi connectivity index (χ2v) is 8.43. The maximum atomic E-state index is 5.53. The summed E-state index contributed by atoms with van der Waals surface area (Å²) in [6, 6.07) is 8.57. The lowest BCUT2D eigenvalue weighted by molar-refractivity contribution is -0.374. The van der Waals surface area contributed by atoms with E-state index in [2.05, 4.69) is 38.1 Å². The molecule has 0 heterocycles. The Bertz CT molecular complexity index is 460. The van der Waals surface area contributed by atoms with Gasteiger partial charge in [0.15, 0.2) is 0 Å². The van der Waals surface area contributed by atoms with E-state index in [4.69, 9.17) is 19.6 Å². The van der Waals surface area contributed by atoms with Gasteiger partial charge in [-0.15, -0.1) is 0 Å². The Labute approximate surface area is 160 Å². The van der Waals surface area contributed by atoms with Crippen LogP contribution in [0.15, 0.2) is 24.3 Å². The van der Waals surface area contributed by atoms with E-state index in [1.165, 1.54) is 11.1 Å². The van der Waals surface area contributed by atoms with Gasteiger partial charge in [-0.25, -0.2) is 19.6 Å². The SMILES string of the molecule is CCC(C)(C)OOC(C)Cc1ccc(CC(C)OOC(C)(C)CC)cc1. The molecule has 0 amide bonds. The van der Waals surface area contributed by atoms with Crippen molar-refractivity contribution in [2.45, 2.75) is 104 Å². The van der Waals surface area contributed by atoms with Gasteiger partial charge < -0.3 is 0 Å². The fraction of sp³-hybridized carbons (Fsp3) is 0.727. The lowest BCUT2D eigenvalue weighted by Crippen LogP contribution is -2.26. The van der Waals surface area contributed by atoms with Crippen LogP contribution >= 0.6 is 0 Å². The van der Waals surface area contributed by atoms with Gasteiger partial charge in [-0.05, 0) is 65.5 Å². The minimum Gasteiger partial charge on any atom is -0.233 e. The van der Waals surface area contributed by atoms with Crippen molar-refractivity contribution in [1.29, 1.82) is 0 Å². The van der Waals surface area contributed by atoms with Crippen molar-refractivity contribution < 1.29 is 19.6 Å². The fourth-order valence-electron chi connectivity index (χ4n) is 2.09. The van der Waals surface area contributed by atoms with Crippen LogP contribution in [0.4, 0.5) is 0 Å². The van der Waals surface area contributed by atoms with Crippen molar-refractivity contribution in [3.8, 4) is 0 Å². The predicted molar refractivity (Wildman–Crippen MR) is 106 cm³/mol. The molecular formula is C22H38O4. The van der Waals surface area contributed by atoms with Crippen LogP contribution in [-0.2, 0) is 32.4 Å². The van der Waals surface area contributed by atoms with Gasteiger partial charge in [-0.1, -0.05) is 38.1 Å². The summed E-state index contributed by atoms with van der Waals surface area (Å²) < 4.78 is 0. The first kappa shape index (κ1) is 23.1. The second-order valence-electron chi connectivity index (χ2n) is 8.43. The Hall–Kier alpha value is -0.940. The molecule has 0 fully saturated rings. The maximum Gasteiger partial charge on any atom is 0.0977 e. The third-order valence-electron chi connectivity index (χ3n) is 4.65. The molecule has 4 nitrogen and oxygen atoms in total. The average molecular weight is 367 g/mol. The minimum absolute atomic E-state index is 0.0126. The van der Waals surface area contributed by atoms with Crippen molar-refractivity contribution in [2.24, 2.45) is 0 Å². The van der Waals surface area contributed by atoms with Gasteiger partial charge in [0.1, 0.15) is 0 Å². The monoisotopic (exact) mass is 366 g/mol. The zero-order valence-corrected chi connectivity index (χ0v) is 17.9. The Morgan fingerprint density at radius 1 is 0.692 bits per heavy atom. The molecule has 26 heavy (non-hydrogen) atoms. The molecule has 0 aliphatic rings. The summed E-state index contributed by atoms with van der Waals surface area (Å²) in [5.41, 5.74) is 1.97. The molecule has 0 aromatic heterocycles. The molecule has 0 saturated carbocycles. The van der Waals surface area contributed by atoms with Crippen LogP contribution in [0.2, 0.25) is 0 Å². The van der Waals surface area contributed by atoms with Gasteiger partial charge >= 0.3 is 0 Å². The summed E-state index contributed by atoms with van der Waals surface area (Å²) in [5, 5.41) is 0. The van der Waals surface area contributed by atoms with Crippen LogP contribution in [0, 0.1) is 0 Å². The van der Waals surface area contributed by atoms with E-state index >= 15 is 0 Å². The highest BCUT2D eigenvalue weighted by Crippen LogP contribution is 2.18. The van der Waals surface area contributed by atoms with Gasteiger partial charge in [0.2, 0.25) is 0 Å². The van der Waals surface area contributed by atoms with Crippen molar-refractivity contribution in [3.63, 3.8) is 0 Å². The molecule has 0 radical (unpaired) electrons. The first-order chi connectivity index (χ1) is 12.1. The Kier molecular flexibility index (Phi) is 9.25. The van der Waals surface area contributed by atoms with Gasteiger partial charge in [0.05, 0.1) is 23.4 Å². The average Bonchev–Trinajstić information content (AvgIpc) is 2.60. The molecule has 0 saturated heterocycles. The summed E-state index contributed by atoms with van der Waals surface area (Å²) in [5.74, 6) is 0. The van der Waals surface area contributed by atoms with Crippen molar-refractivity contribution >= 4 is 0 Å². The van der Waals surface area contributed by atoms with E-state index in [0.29, 0.717) is 0 Å². The molecule has 1 aromatic rings. The van der Waals surface area contributed by atoms with E-state index in [-0.39, 0.29) is 23.4 Å². The first-order valence-corrected chi connectivity index (χ1v) is 9.83. The van der Waals surface area contributed by atoms with Gasteiger partial charge in [0.25, 0.3) is 0 Å². The molecule has 0 aliphatic heterocycles. The van der Waals surface area contributed by atoms with Crippen LogP contribution < -0.4 is 0 Å². The molecule has 2 unspecified atom stereocenters. The molecule has 0 N–H and O–H groups in total. The zero-order valence-electron chi connectivity index (χ0n) is 17.9. The molecule has 150 valence electrons. The molecule has 2 atom stereocenters. The van der Waals surface area contributed by atoms with Crippen LogP contribution in [-0.4, -0.2) is 23.4 Å². The number of hydrogen-bond acceptors (Lipinski definition) is 4. The standard InChI is InChI=1S/C22H38O4/c1-9-21(5,6)25-23-17(3)15-19-11-13-20(14-12-19)16-18(4)24-26-22(7,8)10-2/h11-14,17-18H,9-10,15-16H2,1-8H3. The van der Waals surface area contributed by atoms with E-state index in [0.717, 1.165) is 25.7 Å². The molecule has 0 bridgehead atoms. The Morgan fingerprint density at radius 3 is 1.27 bits per heavy atom. The largest absolute Gasteiger partial charge is 0.233 e. The number of benzene rings is 1. The molecule has 0 spiro atoms. The normalized spacial score (nSPS) is 15.1. The van der Waals surface area contributed by atoms with Crippen molar-refractivity contribution in [1.82, 2.24) is 0 Å². The molecule has 1 aromatic carbocycles. The molecule has 4 heteroatoms. The number of hydrogen-bond donors (Lipinski definition) is 0. The van der Waals surface area contributed by atoms with Crippen LogP contribution in [0.3, 0.4) is 0 Å². The van der Waals surface area contributed by atoms with Gasteiger partial charge in [0, 0.05) is 12.8 Å². The summed E-state index contributed by atoms with van der Waals surface area (Å²) in [7, 11) is 0. The second kappa shape index (κ2) is 10.4. The summed E-state index contributed by atoms with van der Waals surface area (Å²) in [4.78, 5) is 22.1. The summed E-state index contributed by atoms with van der Waals surface area (Å²) >= 11 is 0. The lowest BCUT2D eigenvalue weighted by Gasteiger charge is -2.24. The van der Waals surface area contributed by atoms with Gasteiger partial charge in [-0.3, -0.25) is 0 Å². The third-order valence-corrected chi connectivity index (χ3v) is 4.65. The molecule has 1 rings (SSSR count). The highest BCUT2D eigenvalue weighted by molar-refractivity contribution is 5.23. The van der Waals surface area contributed by atoms with E-state index in [9.17, 15) is 0 Å². The molecule has 0 aliphatic carbocycles. The van der Waals surface area contributed by atoms with Crippen LogP contribution in [0.1, 0.15) is 79.4 Å². The quantitative estimate of drug-likeness (QED) is 0.345. The lowest BCUT2D eigenvalue weighted by atomic mass is 10.0. The van der Waals surface area contributed by atoms with Crippen molar-refractivity contribution in [2.75, 3.05) is 0 Å². The van der Waals surface area contributed by atoms with Gasteiger partial charge in [-0.2, -0.15) is 0 Å². The van der Waals surface area contributed by atoms with E-state index in [1.807, 2.05) is 41.5 Å². The third kappa shape index (κ3) is 9.13. The van der Waals surface area contributed by atoms with Crippen molar-refractivity contribution in [3.05, 3.63) is 35.4 Å². The first-order valence-electron chi connectivity index (χ1n) is 9.83. The predicted octanol–water partition coefficient (Wildman–Crippen LogP) is 5.82. The molecular weight excluding hydrogens is 328 g/mol. The van der Waals surface area contributed by atoms with E-state index < -0.39 is 0 Å². The van der Waals surface area contributed by atoms with E-state index in [1.54, 1.807) is 0 Å². The highest BCUT2D eigenvalue weighted by atomic mass is 17.2. The zero-order chi connectivity index (χ0) is 19.8. The smallest absolute Gasteiger partial charge is 0.0977 e. The highest BCUT2D eigenvalue weighted by Gasteiger charge is 2.20. The summed E-state index contributed by atoms with van der Waals surface area (Å²) in [6.07, 6.45) is 3.49. The van der Waals surface area contributed by atoms with Crippen LogP contribution in [0.25, 0.3) is 0 Å². The number of rotatable bonds is 12. The maximum absolute atomic E-state index is 5.53. The summed E-state index contributed by atoms with van der Waals surface area (Å²) in [6.45, 7) is 16.4. The fourth-order valence-corrected chi connectivity index (χ4v) is 2.09. The Balaban J connectivity index is 2.43. The minimum atomic E-state index is -0.247. The van der Waals surface area contributed by atoms with Crippen LogP contribution in [0.5, 0.6) is 0 Å². The topological polar surface area (TPSA) is 36.9 Å².